The largest absolute Gasteiger partial charge is 0.352 e. The molecule has 1 unspecified atom stereocenters. The third kappa shape index (κ3) is 7.04. The average molecular weight is 570 g/mol. The van der Waals surface area contributed by atoms with E-state index in [1.165, 1.54) is 53.4 Å². The normalized spacial score (nSPS) is 14.5. The smallest absolute Gasteiger partial charge is 0.264 e. The van der Waals surface area contributed by atoms with Gasteiger partial charge in [-0.1, -0.05) is 50.1 Å². The van der Waals surface area contributed by atoms with E-state index < -0.39 is 40.2 Å². The number of carbonyl (C=O) groups is 2. The van der Waals surface area contributed by atoms with E-state index in [2.05, 4.69) is 5.32 Å². The molecule has 212 valence electrons. The van der Waals surface area contributed by atoms with Gasteiger partial charge < -0.3 is 10.2 Å². The Balaban J connectivity index is 1.69. The third-order valence-corrected chi connectivity index (χ3v) is 8.87. The van der Waals surface area contributed by atoms with Crippen LogP contribution in [0.15, 0.2) is 83.8 Å². The van der Waals surface area contributed by atoms with Crippen molar-refractivity contribution in [1.29, 1.82) is 0 Å². The lowest BCUT2D eigenvalue weighted by Gasteiger charge is -2.33. The molecule has 0 bridgehead atoms. The maximum Gasteiger partial charge on any atom is 0.264 e. The molecule has 0 spiro atoms. The zero-order valence-electron chi connectivity index (χ0n) is 22.3. The van der Waals surface area contributed by atoms with Gasteiger partial charge in [0.05, 0.1) is 10.6 Å². The predicted octanol–water partition coefficient (Wildman–Crippen LogP) is 5.03. The Labute approximate surface area is 233 Å². The van der Waals surface area contributed by atoms with Crippen LogP contribution in [0.25, 0.3) is 0 Å². The second kappa shape index (κ2) is 13.0. The van der Waals surface area contributed by atoms with Crippen LogP contribution in [0.5, 0.6) is 0 Å². The Morgan fingerprint density at radius 2 is 1.48 bits per heavy atom. The summed E-state index contributed by atoms with van der Waals surface area (Å²) in [6.45, 7) is 1.12. The summed E-state index contributed by atoms with van der Waals surface area (Å²) in [6.07, 6.45) is 4.05. The molecule has 1 aliphatic carbocycles. The van der Waals surface area contributed by atoms with Crippen molar-refractivity contribution in [2.75, 3.05) is 10.8 Å². The lowest BCUT2D eigenvalue weighted by atomic mass is 10.1. The second-order valence-electron chi connectivity index (χ2n) is 9.86. The molecule has 1 aliphatic rings. The van der Waals surface area contributed by atoms with Gasteiger partial charge in [0.15, 0.2) is 0 Å². The summed E-state index contributed by atoms with van der Waals surface area (Å²) in [5.41, 5.74) is 0.685. The quantitative estimate of drug-likeness (QED) is 0.351. The Bertz CT molecular complexity index is 1400. The maximum atomic E-state index is 14.0. The van der Waals surface area contributed by atoms with E-state index in [-0.39, 0.29) is 35.5 Å². The van der Waals surface area contributed by atoms with Gasteiger partial charge >= 0.3 is 0 Å². The van der Waals surface area contributed by atoms with E-state index >= 15 is 0 Å². The number of sulfonamides is 1. The third-order valence-electron chi connectivity index (χ3n) is 7.08. The minimum absolute atomic E-state index is 0.0264. The first kappa shape index (κ1) is 29.2. The molecule has 3 aromatic carbocycles. The molecule has 0 radical (unpaired) electrons. The van der Waals surface area contributed by atoms with Crippen LogP contribution in [0.4, 0.5) is 14.5 Å². The number of anilines is 1. The van der Waals surface area contributed by atoms with Crippen molar-refractivity contribution in [2.24, 2.45) is 0 Å². The van der Waals surface area contributed by atoms with Crippen LogP contribution < -0.4 is 9.62 Å². The highest BCUT2D eigenvalue weighted by Crippen LogP contribution is 2.25. The van der Waals surface area contributed by atoms with Gasteiger partial charge in [-0.25, -0.2) is 17.2 Å². The molecule has 0 saturated heterocycles. The molecule has 1 saturated carbocycles. The number of benzene rings is 3. The lowest BCUT2D eigenvalue weighted by molar-refractivity contribution is -0.140. The topological polar surface area (TPSA) is 86.8 Å². The van der Waals surface area contributed by atoms with Gasteiger partial charge in [0.2, 0.25) is 11.8 Å². The molecule has 4 rings (SSSR count). The summed E-state index contributed by atoms with van der Waals surface area (Å²) in [4.78, 5) is 28.7. The van der Waals surface area contributed by atoms with E-state index in [1.54, 1.807) is 25.1 Å². The number of halogens is 2. The van der Waals surface area contributed by atoms with Gasteiger partial charge in [-0.2, -0.15) is 0 Å². The highest BCUT2D eigenvalue weighted by atomic mass is 32.2. The second-order valence-corrected chi connectivity index (χ2v) is 11.7. The Morgan fingerprint density at radius 3 is 2.05 bits per heavy atom. The van der Waals surface area contributed by atoms with E-state index in [4.69, 9.17) is 0 Å². The van der Waals surface area contributed by atoms with Crippen LogP contribution in [0.2, 0.25) is 0 Å². The van der Waals surface area contributed by atoms with Crippen molar-refractivity contribution in [3.63, 3.8) is 0 Å². The number of amides is 2. The zero-order valence-corrected chi connectivity index (χ0v) is 23.1. The molecule has 1 N–H and O–H groups in total. The van der Waals surface area contributed by atoms with Crippen LogP contribution in [0.1, 0.15) is 44.6 Å². The van der Waals surface area contributed by atoms with Gasteiger partial charge in [-0.15, -0.1) is 0 Å². The van der Waals surface area contributed by atoms with Crippen LogP contribution in [0.3, 0.4) is 0 Å². The molecule has 2 amide bonds. The minimum Gasteiger partial charge on any atom is -0.352 e. The number of rotatable bonds is 11. The van der Waals surface area contributed by atoms with Crippen molar-refractivity contribution in [3.05, 3.63) is 96.1 Å². The van der Waals surface area contributed by atoms with E-state index in [0.717, 1.165) is 42.1 Å². The number of nitrogens with one attached hydrogen (secondary N) is 1. The molecule has 10 heteroatoms. The molecule has 1 fully saturated rings. The van der Waals surface area contributed by atoms with Crippen LogP contribution in [-0.4, -0.2) is 43.8 Å². The highest BCUT2D eigenvalue weighted by molar-refractivity contribution is 7.92. The Hall–Kier alpha value is -3.79. The number of hydrogen-bond donors (Lipinski definition) is 1. The monoisotopic (exact) mass is 569 g/mol. The summed E-state index contributed by atoms with van der Waals surface area (Å²) < 4.78 is 55.7. The van der Waals surface area contributed by atoms with E-state index in [0.29, 0.717) is 5.56 Å². The molecule has 0 heterocycles. The fourth-order valence-corrected chi connectivity index (χ4v) is 6.36. The molecule has 3 aromatic rings. The summed E-state index contributed by atoms with van der Waals surface area (Å²) in [6, 6.07) is 17.2. The van der Waals surface area contributed by atoms with Gasteiger partial charge in [-0.05, 0) is 73.4 Å². The molecular formula is C30H33F2N3O4S. The SMILES string of the molecule is CCC(C(=O)NC1CCCC1)N(Cc1ccc(F)cc1)C(=O)CN(c1ccc(F)cc1)S(=O)(=O)c1ccccc1. The van der Waals surface area contributed by atoms with Gasteiger partial charge in [0.25, 0.3) is 10.0 Å². The van der Waals surface area contributed by atoms with E-state index in [9.17, 15) is 26.8 Å². The Kier molecular flexibility index (Phi) is 9.52. The van der Waals surface area contributed by atoms with Crippen molar-refractivity contribution in [3.8, 4) is 0 Å². The molecular weight excluding hydrogens is 536 g/mol. The number of nitrogens with zero attached hydrogens (tertiary/aromatic N) is 2. The summed E-state index contributed by atoms with van der Waals surface area (Å²) >= 11 is 0. The van der Waals surface area contributed by atoms with Crippen LogP contribution in [0, 0.1) is 11.6 Å². The van der Waals surface area contributed by atoms with Crippen molar-refractivity contribution >= 4 is 27.5 Å². The first-order chi connectivity index (χ1) is 19.2. The van der Waals surface area contributed by atoms with Gasteiger partial charge in [0.1, 0.15) is 24.2 Å². The lowest BCUT2D eigenvalue weighted by Crippen LogP contribution is -2.53. The van der Waals surface area contributed by atoms with Crippen LogP contribution >= 0.6 is 0 Å². The number of carbonyl (C=O) groups excluding carboxylic acids is 2. The van der Waals surface area contributed by atoms with E-state index in [1.807, 2.05) is 0 Å². The standard InChI is InChI=1S/C30H33F2N3O4S/c1-2-28(30(37)33-25-8-6-7-9-25)34(20-22-12-14-23(31)15-13-22)29(36)21-35(26-18-16-24(32)17-19-26)40(38,39)27-10-4-3-5-11-27/h3-5,10-19,25,28H,2,6-9,20-21H2,1H3,(H,33,37). The Morgan fingerprint density at radius 1 is 0.900 bits per heavy atom. The predicted molar refractivity (Wildman–Crippen MR) is 149 cm³/mol. The fourth-order valence-electron chi connectivity index (χ4n) is 4.93. The summed E-state index contributed by atoms with van der Waals surface area (Å²) in [5, 5.41) is 3.04. The summed E-state index contributed by atoms with van der Waals surface area (Å²) in [5.74, 6) is -1.94. The minimum atomic E-state index is -4.23. The average Bonchev–Trinajstić information content (AvgIpc) is 3.46. The molecule has 0 aliphatic heterocycles. The first-order valence-corrected chi connectivity index (χ1v) is 14.8. The highest BCUT2D eigenvalue weighted by Gasteiger charge is 2.34. The summed E-state index contributed by atoms with van der Waals surface area (Å²) in [7, 11) is -4.23. The number of hydrogen-bond acceptors (Lipinski definition) is 4. The molecule has 40 heavy (non-hydrogen) atoms. The van der Waals surface area contributed by atoms with Crippen LogP contribution in [-0.2, 0) is 26.2 Å². The van der Waals surface area contributed by atoms with Gasteiger partial charge in [-0.3, -0.25) is 13.9 Å². The first-order valence-electron chi connectivity index (χ1n) is 13.4. The van der Waals surface area contributed by atoms with Crippen molar-refractivity contribution in [1.82, 2.24) is 10.2 Å². The fraction of sp³-hybridized carbons (Fsp3) is 0.333. The van der Waals surface area contributed by atoms with Crippen molar-refractivity contribution < 1.29 is 26.8 Å². The van der Waals surface area contributed by atoms with Crippen molar-refractivity contribution in [2.45, 2.75) is 62.6 Å². The molecule has 7 nitrogen and oxygen atoms in total. The molecule has 0 aromatic heterocycles. The zero-order chi connectivity index (χ0) is 28.7. The van der Waals surface area contributed by atoms with Gasteiger partial charge in [0, 0.05) is 12.6 Å². The molecule has 1 atom stereocenters. The maximum absolute atomic E-state index is 14.0.